The van der Waals surface area contributed by atoms with Crippen LogP contribution in [0.3, 0.4) is 0 Å². The van der Waals surface area contributed by atoms with Gasteiger partial charge in [0.25, 0.3) is 0 Å². The van der Waals surface area contributed by atoms with Crippen LogP contribution in [0.25, 0.3) is 0 Å². The van der Waals surface area contributed by atoms with Gasteiger partial charge in [0, 0.05) is 12.6 Å². The Morgan fingerprint density at radius 2 is 2.20 bits per heavy atom. The summed E-state index contributed by atoms with van der Waals surface area (Å²) in [5, 5.41) is 10.1. The molecule has 10 heavy (non-hydrogen) atoms. The third-order valence-corrected chi connectivity index (χ3v) is 2.35. The van der Waals surface area contributed by atoms with Crippen LogP contribution in [-0.4, -0.2) is 31.1 Å². The Hall–Kier alpha value is -0.0800. The first kappa shape index (κ1) is 8.02. The second-order valence-electron chi connectivity index (χ2n) is 3.12. The normalized spacial score (nSPS) is 19.5. The van der Waals surface area contributed by atoms with E-state index in [1.807, 2.05) is 0 Å². The molecule has 0 bridgehead atoms. The van der Waals surface area contributed by atoms with E-state index in [4.69, 9.17) is 0 Å². The lowest BCUT2D eigenvalue weighted by Crippen LogP contribution is -2.37. The van der Waals surface area contributed by atoms with Crippen molar-refractivity contribution in [3.05, 3.63) is 0 Å². The molecule has 0 amide bonds. The molecule has 0 aliphatic heterocycles. The maximum absolute atomic E-state index is 10.1. The fourth-order valence-electron chi connectivity index (χ4n) is 1.32. The van der Waals surface area contributed by atoms with Gasteiger partial charge in [0.05, 0.1) is 6.61 Å². The summed E-state index contributed by atoms with van der Waals surface area (Å²) in [5.41, 5.74) is 0. The summed E-state index contributed by atoms with van der Waals surface area (Å²) in [6.45, 7) is 1.07. The van der Waals surface area contributed by atoms with E-state index in [1.54, 1.807) is 0 Å². The summed E-state index contributed by atoms with van der Waals surface area (Å²) >= 11 is 0. The van der Waals surface area contributed by atoms with Crippen LogP contribution >= 0.6 is 0 Å². The lowest BCUT2D eigenvalue weighted by molar-refractivity contribution is 0.128. The highest BCUT2D eigenvalue weighted by Gasteiger charge is 2.20. The lowest BCUT2D eigenvalue weighted by atomic mass is 9.92. The van der Waals surface area contributed by atoms with Gasteiger partial charge in [0.1, 0.15) is 0 Å². The van der Waals surface area contributed by atoms with Gasteiger partial charge in [-0.2, -0.15) is 0 Å². The Labute approximate surface area is 62.8 Å². The van der Waals surface area contributed by atoms with Gasteiger partial charge in [0.15, 0.2) is 0 Å². The molecule has 1 aliphatic rings. The molecule has 1 saturated carbocycles. The molecule has 0 spiro atoms. The van der Waals surface area contributed by atoms with Gasteiger partial charge in [-0.3, -0.25) is 0 Å². The van der Waals surface area contributed by atoms with Gasteiger partial charge in [0.2, 0.25) is 0 Å². The minimum absolute atomic E-state index is 0.0804. The number of hydrogen-bond acceptors (Lipinski definition) is 1. The summed E-state index contributed by atoms with van der Waals surface area (Å²) in [7, 11) is 2.12. The van der Waals surface area contributed by atoms with Crippen LogP contribution in [0.5, 0.6) is 0 Å². The van der Waals surface area contributed by atoms with Crippen molar-refractivity contribution in [3.8, 4) is 0 Å². The summed E-state index contributed by atoms with van der Waals surface area (Å²) in [6.07, 6.45) is 4.88. The van der Waals surface area contributed by atoms with Crippen molar-refractivity contribution in [2.24, 2.45) is 0 Å². The smallest absolute Gasteiger partial charge is 0.0834 e. The zero-order valence-electron chi connectivity index (χ0n) is 6.68. The molecule has 0 aromatic carbocycles. The van der Waals surface area contributed by atoms with E-state index in [2.05, 4.69) is 11.9 Å². The summed E-state index contributed by atoms with van der Waals surface area (Å²) < 4.78 is 0. The van der Waals surface area contributed by atoms with E-state index >= 15 is 0 Å². The van der Waals surface area contributed by atoms with E-state index in [0.29, 0.717) is 0 Å². The van der Waals surface area contributed by atoms with E-state index in [-0.39, 0.29) is 6.61 Å². The highest BCUT2D eigenvalue weighted by Crippen LogP contribution is 2.23. The second kappa shape index (κ2) is 3.94. The molecular weight excluding hydrogens is 126 g/mol. The van der Waals surface area contributed by atoms with Gasteiger partial charge in [-0.1, -0.05) is 6.42 Å². The van der Waals surface area contributed by atoms with Gasteiger partial charge in [-0.05, 0) is 26.3 Å². The van der Waals surface area contributed by atoms with Gasteiger partial charge >= 0.3 is 0 Å². The molecule has 0 aromatic rings. The maximum atomic E-state index is 10.1. The first-order valence-corrected chi connectivity index (χ1v) is 4.13. The Morgan fingerprint density at radius 3 is 2.60 bits per heavy atom. The average molecular weight is 142 g/mol. The largest absolute Gasteiger partial charge is 0.303 e. The predicted octanol–water partition coefficient (Wildman–Crippen LogP) is 1.29. The highest BCUT2D eigenvalue weighted by molar-refractivity contribution is 4.77. The fourth-order valence-corrected chi connectivity index (χ4v) is 1.32. The topological polar surface area (TPSA) is 23.1 Å². The Morgan fingerprint density at radius 1 is 1.50 bits per heavy atom. The van der Waals surface area contributed by atoms with Crippen LogP contribution in [0.15, 0.2) is 0 Å². The summed E-state index contributed by atoms with van der Waals surface area (Å²) in [4.78, 5) is 2.32. The SMILES string of the molecule is CN(CCC[O])C1CCC1. The molecule has 2 heteroatoms. The van der Waals surface area contributed by atoms with Crippen molar-refractivity contribution in [3.63, 3.8) is 0 Å². The molecule has 0 atom stereocenters. The summed E-state index contributed by atoms with van der Waals surface area (Å²) in [5.74, 6) is 0. The maximum Gasteiger partial charge on any atom is 0.0834 e. The number of nitrogens with zero attached hydrogens (tertiary/aromatic N) is 1. The van der Waals surface area contributed by atoms with Crippen LogP contribution in [0.4, 0.5) is 0 Å². The molecule has 0 unspecified atom stereocenters. The Bertz CT molecular complexity index is 91.3. The molecule has 2 nitrogen and oxygen atoms in total. The molecule has 0 heterocycles. The Balaban J connectivity index is 2.02. The molecular formula is C8H16NO. The van der Waals surface area contributed by atoms with E-state index < -0.39 is 0 Å². The minimum Gasteiger partial charge on any atom is -0.303 e. The van der Waals surface area contributed by atoms with E-state index in [1.165, 1.54) is 19.3 Å². The minimum atomic E-state index is 0.0804. The quantitative estimate of drug-likeness (QED) is 0.580. The van der Waals surface area contributed by atoms with E-state index in [0.717, 1.165) is 19.0 Å². The number of rotatable bonds is 4. The third kappa shape index (κ3) is 1.96. The van der Waals surface area contributed by atoms with Crippen LogP contribution in [-0.2, 0) is 5.11 Å². The van der Waals surface area contributed by atoms with Crippen LogP contribution in [0, 0.1) is 0 Å². The van der Waals surface area contributed by atoms with E-state index in [9.17, 15) is 5.11 Å². The third-order valence-electron chi connectivity index (χ3n) is 2.35. The van der Waals surface area contributed by atoms with Crippen molar-refractivity contribution in [1.29, 1.82) is 0 Å². The molecule has 1 radical (unpaired) electrons. The molecule has 1 fully saturated rings. The van der Waals surface area contributed by atoms with Gasteiger partial charge in [-0.25, -0.2) is 5.11 Å². The van der Waals surface area contributed by atoms with Crippen LogP contribution < -0.4 is 0 Å². The highest BCUT2D eigenvalue weighted by atomic mass is 16.3. The molecule has 59 valence electrons. The Kier molecular flexibility index (Phi) is 3.16. The van der Waals surface area contributed by atoms with Crippen molar-refractivity contribution in [1.82, 2.24) is 4.90 Å². The number of hydrogen-bond donors (Lipinski definition) is 0. The van der Waals surface area contributed by atoms with Crippen LogP contribution in [0.2, 0.25) is 0 Å². The predicted molar refractivity (Wildman–Crippen MR) is 40.4 cm³/mol. The van der Waals surface area contributed by atoms with Crippen LogP contribution in [0.1, 0.15) is 25.7 Å². The first-order valence-electron chi connectivity index (χ1n) is 4.13. The van der Waals surface area contributed by atoms with Crippen molar-refractivity contribution < 1.29 is 5.11 Å². The van der Waals surface area contributed by atoms with Crippen molar-refractivity contribution in [2.75, 3.05) is 20.2 Å². The molecule has 1 rings (SSSR count). The van der Waals surface area contributed by atoms with Crippen molar-refractivity contribution in [2.45, 2.75) is 31.7 Å². The molecule has 0 N–H and O–H groups in total. The first-order chi connectivity index (χ1) is 4.84. The zero-order valence-corrected chi connectivity index (χ0v) is 6.68. The lowest BCUT2D eigenvalue weighted by Gasteiger charge is -2.34. The van der Waals surface area contributed by atoms with Gasteiger partial charge < -0.3 is 4.90 Å². The molecule has 1 aliphatic carbocycles. The van der Waals surface area contributed by atoms with Crippen molar-refractivity contribution >= 4 is 0 Å². The van der Waals surface area contributed by atoms with Gasteiger partial charge in [-0.15, -0.1) is 0 Å². The standard InChI is InChI=1S/C8H16NO/c1-9(6-3-7-10)8-4-2-5-8/h8H,2-7H2,1H3. The fraction of sp³-hybridized carbons (Fsp3) is 1.00. The second-order valence-corrected chi connectivity index (χ2v) is 3.12. The average Bonchev–Trinajstić information content (AvgIpc) is 1.79. The molecule has 0 saturated heterocycles. The monoisotopic (exact) mass is 142 g/mol. The summed E-state index contributed by atoms with van der Waals surface area (Å²) in [6, 6.07) is 0.798. The zero-order chi connectivity index (χ0) is 7.40. The molecule has 0 aromatic heterocycles.